The summed E-state index contributed by atoms with van der Waals surface area (Å²) >= 11 is 11.8. The first-order valence-corrected chi connectivity index (χ1v) is 8.88. The molecule has 5 heteroatoms. The Morgan fingerprint density at radius 2 is 1.82 bits per heavy atom. The predicted molar refractivity (Wildman–Crippen MR) is 92.9 cm³/mol. The number of piperidine rings is 1. The summed E-state index contributed by atoms with van der Waals surface area (Å²) in [7, 11) is 0. The van der Waals surface area contributed by atoms with Crippen molar-refractivity contribution >= 4 is 29.1 Å². The number of nitrogens with zero attached hydrogens (tertiary/aromatic N) is 1. The van der Waals surface area contributed by atoms with Gasteiger partial charge in [0, 0.05) is 12.1 Å². The molecule has 2 rings (SSSR count). The molecule has 1 aromatic rings. The molecule has 3 nitrogen and oxygen atoms in total. The molecular weight excluding hydrogens is 319 g/mol. The molecule has 122 valence electrons. The van der Waals surface area contributed by atoms with Crippen molar-refractivity contribution < 1.29 is 4.79 Å². The zero-order valence-corrected chi connectivity index (χ0v) is 14.4. The maximum Gasteiger partial charge on any atom is 0.251 e. The monoisotopic (exact) mass is 342 g/mol. The predicted octanol–water partition coefficient (Wildman–Crippen LogP) is 4.38. The van der Waals surface area contributed by atoms with Crippen LogP contribution in [0.25, 0.3) is 0 Å². The summed E-state index contributed by atoms with van der Waals surface area (Å²) < 4.78 is 0. The first-order chi connectivity index (χ1) is 10.7. The maximum absolute atomic E-state index is 12.0. The van der Waals surface area contributed by atoms with Crippen LogP contribution in [0.5, 0.6) is 0 Å². The fourth-order valence-electron chi connectivity index (χ4n) is 2.76. The fourth-order valence-corrected chi connectivity index (χ4v) is 3.06. The minimum Gasteiger partial charge on any atom is -0.352 e. The number of halogens is 2. The van der Waals surface area contributed by atoms with E-state index in [1.165, 1.54) is 45.3 Å². The van der Waals surface area contributed by atoms with Crippen LogP contribution in [0.3, 0.4) is 0 Å². The third kappa shape index (κ3) is 5.79. The lowest BCUT2D eigenvalue weighted by atomic mass is 10.1. The van der Waals surface area contributed by atoms with Crippen molar-refractivity contribution in [2.24, 2.45) is 0 Å². The molecule has 1 aliphatic heterocycles. The molecule has 1 saturated heterocycles. The SMILES string of the molecule is O=C(NCCCCCN1CCCCC1)c1ccc(Cl)c(Cl)c1. The standard InChI is InChI=1S/C17H24Cl2N2O/c18-15-8-7-14(13-16(15)19)17(22)20-9-3-1-4-10-21-11-5-2-6-12-21/h7-8,13H,1-6,9-12H2,(H,20,22). The molecule has 22 heavy (non-hydrogen) atoms. The van der Waals surface area contributed by atoms with Gasteiger partial charge in [0.05, 0.1) is 10.0 Å². The number of amides is 1. The van der Waals surface area contributed by atoms with Crippen LogP contribution in [0.4, 0.5) is 0 Å². The van der Waals surface area contributed by atoms with Crippen LogP contribution in [-0.4, -0.2) is 37.0 Å². The number of benzene rings is 1. The quantitative estimate of drug-likeness (QED) is 0.745. The normalized spacial score (nSPS) is 15.7. The van der Waals surface area contributed by atoms with Gasteiger partial charge < -0.3 is 10.2 Å². The summed E-state index contributed by atoms with van der Waals surface area (Å²) in [6, 6.07) is 4.95. The minimum atomic E-state index is -0.0883. The van der Waals surface area contributed by atoms with E-state index in [2.05, 4.69) is 10.2 Å². The van der Waals surface area contributed by atoms with Gasteiger partial charge >= 0.3 is 0 Å². The van der Waals surface area contributed by atoms with Gasteiger partial charge in [0.15, 0.2) is 0 Å². The smallest absolute Gasteiger partial charge is 0.251 e. The number of carbonyl (C=O) groups is 1. The Kier molecular flexibility index (Phi) is 7.50. The van der Waals surface area contributed by atoms with Gasteiger partial charge in [0.2, 0.25) is 0 Å². The van der Waals surface area contributed by atoms with Crippen LogP contribution >= 0.6 is 23.2 Å². The molecule has 0 saturated carbocycles. The Hall–Kier alpha value is -0.770. The average Bonchev–Trinajstić information content (AvgIpc) is 2.54. The third-order valence-corrected chi connectivity index (χ3v) is 4.81. The van der Waals surface area contributed by atoms with Crippen LogP contribution in [0.15, 0.2) is 18.2 Å². The Balaban J connectivity index is 1.57. The third-order valence-electron chi connectivity index (χ3n) is 4.07. The summed E-state index contributed by atoms with van der Waals surface area (Å²) in [4.78, 5) is 14.5. The number of likely N-dealkylation sites (tertiary alicyclic amines) is 1. The largest absolute Gasteiger partial charge is 0.352 e. The first-order valence-electron chi connectivity index (χ1n) is 8.12. The summed E-state index contributed by atoms with van der Waals surface area (Å²) in [5.41, 5.74) is 0.558. The lowest BCUT2D eigenvalue weighted by molar-refractivity contribution is 0.0953. The molecule has 0 bridgehead atoms. The molecule has 1 aliphatic rings. The van der Waals surface area contributed by atoms with E-state index in [-0.39, 0.29) is 5.91 Å². The van der Waals surface area contributed by atoms with Crippen molar-refractivity contribution in [1.29, 1.82) is 0 Å². The summed E-state index contributed by atoms with van der Waals surface area (Å²) in [5.74, 6) is -0.0883. The number of unbranched alkanes of at least 4 members (excludes halogenated alkanes) is 2. The zero-order chi connectivity index (χ0) is 15.8. The highest BCUT2D eigenvalue weighted by Crippen LogP contribution is 2.22. The van der Waals surface area contributed by atoms with Crippen molar-refractivity contribution in [3.05, 3.63) is 33.8 Å². The maximum atomic E-state index is 12.0. The average molecular weight is 343 g/mol. The molecule has 1 fully saturated rings. The number of rotatable bonds is 7. The number of nitrogens with one attached hydrogen (secondary N) is 1. The molecule has 0 aromatic heterocycles. The Labute approximate surface area is 143 Å². The Bertz CT molecular complexity index is 488. The lowest BCUT2D eigenvalue weighted by Crippen LogP contribution is -2.30. The molecule has 1 aromatic carbocycles. The summed E-state index contributed by atoms with van der Waals surface area (Å²) in [6.45, 7) is 4.42. The highest BCUT2D eigenvalue weighted by atomic mass is 35.5. The zero-order valence-electron chi connectivity index (χ0n) is 12.9. The van der Waals surface area contributed by atoms with Gasteiger partial charge in [-0.25, -0.2) is 0 Å². The van der Waals surface area contributed by atoms with E-state index in [0.717, 1.165) is 12.8 Å². The van der Waals surface area contributed by atoms with Gasteiger partial charge in [0.25, 0.3) is 5.91 Å². The second kappa shape index (κ2) is 9.39. The molecule has 0 radical (unpaired) electrons. The van der Waals surface area contributed by atoms with Gasteiger partial charge in [-0.15, -0.1) is 0 Å². The molecule has 0 unspecified atom stereocenters. The second-order valence-corrected chi connectivity index (χ2v) is 6.66. The van der Waals surface area contributed by atoms with Crippen molar-refractivity contribution in [3.8, 4) is 0 Å². The number of carbonyl (C=O) groups excluding carboxylic acids is 1. The van der Waals surface area contributed by atoms with E-state index in [1.54, 1.807) is 18.2 Å². The van der Waals surface area contributed by atoms with Crippen LogP contribution in [0.1, 0.15) is 48.9 Å². The Morgan fingerprint density at radius 1 is 1.05 bits per heavy atom. The van der Waals surface area contributed by atoms with Crippen molar-refractivity contribution in [2.45, 2.75) is 38.5 Å². The molecular formula is C17H24Cl2N2O. The van der Waals surface area contributed by atoms with Gasteiger partial charge in [-0.3, -0.25) is 4.79 Å². The van der Waals surface area contributed by atoms with E-state index in [9.17, 15) is 4.79 Å². The van der Waals surface area contributed by atoms with Crippen LogP contribution in [0, 0.1) is 0 Å². The fraction of sp³-hybridized carbons (Fsp3) is 0.588. The van der Waals surface area contributed by atoms with Gasteiger partial charge in [-0.2, -0.15) is 0 Å². The highest BCUT2D eigenvalue weighted by Gasteiger charge is 2.09. The summed E-state index contributed by atoms with van der Waals surface area (Å²) in [6.07, 6.45) is 7.46. The molecule has 1 amide bonds. The van der Waals surface area contributed by atoms with E-state index in [4.69, 9.17) is 23.2 Å². The first kappa shape index (κ1) is 17.6. The Morgan fingerprint density at radius 3 is 2.55 bits per heavy atom. The van der Waals surface area contributed by atoms with Gasteiger partial charge in [0.1, 0.15) is 0 Å². The molecule has 0 spiro atoms. The topological polar surface area (TPSA) is 32.3 Å². The second-order valence-electron chi connectivity index (χ2n) is 5.85. The van der Waals surface area contributed by atoms with Crippen molar-refractivity contribution in [3.63, 3.8) is 0 Å². The van der Waals surface area contributed by atoms with E-state index in [0.29, 0.717) is 22.2 Å². The van der Waals surface area contributed by atoms with Crippen LogP contribution < -0.4 is 5.32 Å². The van der Waals surface area contributed by atoms with Gasteiger partial charge in [-0.05, 0) is 63.5 Å². The highest BCUT2D eigenvalue weighted by molar-refractivity contribution is 6.42. The molecule has 1 heterocycles. The molecule has 0 atom stereocenters. The molecule has 1 N–H and O–H groups in total. The van der Waals surface area contributed by atoms with Crippen LogP contribution in [-0.2, 0) is 0 Å². The van der Waals surface area contributed by atoms with Crippen molar-refractivity contribution in [1.82, 2.24) is 10.2 Å². The molecule has 0 aliphatic carbocycles. The number of hydrogen-bond acceptors (Lipinski definition) is 2. The number of hydrogen-bond donors (Lipinski definition) is 1. The van der Waals surface area contributed by atoms with E-state index in [1.807, 2.05) is 0 Å². The van der Waals surface area contributed by atoms with E-state index >= 15 is 0 Å². The minimum absolute atomic E-state index is 0.0883. The van der Waals surface area contributed by atoms with E-state index < -0.39 is 0 Å². The summed E-state index contributed by atoms with van der Waals surface area (Å²) in [5, 5.41) is 3.81. The lowest BCUT2D eigenvalue weighted by Gasteiger charge is -2.26. The van der Waals surface area contributed by atoms with Crippen LogP contribution in [0.2, 0.25) is 10.0 Å². The van der Waals surface area contributed by atoms with Gasteiger partial charge in [-0.1, -0.05) is 36.0 Å². The van der Waals surface area contributed by atoms with Crippen molar-refractivity contribution in [2.75, 3.05) is 26.2 Å².